The van der Waals surface area contributed by atoms with E-state index in [1.54, 1.807) is 27.0 Å². The van der Waals surface area contributed by atoms with E-state index in [-0.39, 0.29) is 17.9 Å². The minimum Gasteiger partial charge on any atom is -0.497 e. The SMILES string of the molecule is COc1ccc2c(c1)C1CC1(C(=O)N1C[C@H]3C[C@@H]1CN3CC(C)C)Cn1c-2c(C2CCCCC2)c2ccc(C(=O)NS(=O)(=O)C(C)C)cc21. The molecule has 4 fully saturated rings. The molecule has 2 unspecified atom stereocenters. The van der Waals surface area contributed by atoms with Crippen molar-refractivity contribution in [2.75, 3.05) is 26.7 Å². The van der Waals surface area contributed by atoms with Gasteiger partial charge in [0, 0.05) is 66.2 Å². The molecule has 2 aromatic carbocycles. The molecule has 262 valence electrons. The van der Waals surface area contributed by atoms with Crippen LogP contribution in [0.4, 0.5) is 0 Å². The van der Waals surface area contributed by atoms with Gasteiger partial charge in [-0.3, -0.25) is 14.5 Å². The molecular formula is C39H50N4O5S. The molecule has 0 spiro atoms. The maximum absolute atomic E-state index is 15.0. The average Bonchev–Trinajstić information content (AvgIpc) is 3.31. The number of ether oxygens (including phenoxy) is 1. The fourth-order valence-electron chi connectivity index (χ4n) is 9.70. The number of amides is 2. The van der Waals surface area contributed by atoms with Gasteiger partial charge in [0.05, 0.1) is 23.5 Å². The third-order valence-corrected chi connectivity index (χ3v) is 14.0. The number of hydrogen-bond acceptors (Lipinski definition) is 6. The van der Waals surface area contributed by atoms with Crippen LogP contribution in [0.25, 0.3) is 22.2 Å². The van der Waals surface area contributed by atoms with Gasteiger partial charge < -0.3 is 14.2 Å². The Morgan fingerprint density at radius 3 is 2.45 bits per heavy atom. The highest BCUT2D eigenvalue weighted by Gasteiger charge is 2.65. The molecule has 3 aromatic rings. The number of likely N-dealkylation sites (tertiary alicyclic amines) is 2. The van der Waals surface area contributed by atoms with Crippen LogP contribution in [-0.2, 0) is 21.4 Å². The Bertz CT molecular complexity index is 1940. The summed E-state index contributed by atoms with van der Waals surface area (Å²) < 4.78 is 35.7. The standard InChI is InChI=1S/C39H50N4O5S/c1-23(2)19-41-20-28-16-27(41)21-42(28)38(45)39-18-33(39)32-17-29(48-5)12-14-30(32)36-35(25-9-7-6-8-10-25)31-13-11-26(15-34(31)43(36)22-39)37(44)40-49(46,47)24(3)4/h11-15,17,23-25,27-28,33H,6-10,16,18-22H2,1-5H3,(H,40,44)/t27-,28-,33?,39?/m1/s1. The van der Waals surface area contributed by atoms with Crippen LogP contribution in [0, 0.1) is 11.3 Å². The molecule has 2 saturated heterocycles. The third-order valence-electron chi connectivity index (χ3n) is 12.3. The van der Waals surface area contributed by atoms with Gasteiger partial charge in [-0.1, -0.05) is 39.2 Å². The molecule has 8 rings (SSSR count). The monoisotopic (exact) mass is 686 g/mol. The largest absolute Gasteiger partial charge is 0.497 e. The lowest BCUT2D eigenvalue weighted by Gasteiger charge is -2.37. The van der Waals surface area contributed by atoms with Crippen molar-refractivity contribution in [3.8, 4) is 17.0 Å². The number of benzene rings is 2. The van der Waals surface area contributed by atoms with E-state index < -0.39 is 26.6 Å². The summed E-state index contributed by atoms with van der Waals surface area (Å²) in [4.78, 5) is 33.2. The van der Waals surface area contributed by atoms with E-state index in [0.29, 0.717) is 30.0 Å². The van der Waals surface area contributed by atoms with Crippen LogP contribution in [-0.4, -0.2) is 78.7 Å². The first-order valence-corrected chi connectivity index (χ1v) is 19.9. The molecule has 1 aromatic heterocycles. The van der Waals surface area contributed by atoms with Crippen molar-refractivity contribution in [1.82, 2.24) is 19.1 Å². The van der Waals surface area contributed by atoms with Gasteiger partial charge in [0.2, 0.25) is 15.9 Å². The summed E-state index contributed by atoms with van der Waals surface area (Å²) in [5, 5.41) is 0.366. The molecule has 2 amide bonds. The van der Waals surface area contributed by atoms with E-state index in [2.05, 4.69) is 45.1 Å². The van der Waals surface area contributed by atoms with Crippen LogP contribution >= 0.6 is 0 Å². The lowest BCUT2D eigenvalue weighted by atomic mass is 9.81. The number of carbonyl (C=O) groups is 2. The zero-order valence-corrected chi connectivity index (χ0v) is 30.3. The second-order valence-electron chi connectivity index (χ2n) is 16.2. The number of fused-ring (bicyclic) bond motifs is 9. The molecule has 2 saturated carbocycles. The van der Waals surface area contributed by atoms with Crippen molar-refractivity contribution in [1.29, 1.82) is 0 Å². The predicted molar refractivity (Wildman–Crippen MR) is 191 cm³/mol. The van der Waals surface area contributed by atoms with Gasteiger partial charge in [-0.05, 0) is 92.8 Å². The number of piperazine rings is 1. The summed E-state index contributed by atoms with van der Waals surface area (Å²) >= 11 is 0. The number of nitrogens with one attached hydrogen (secondary N) is 1. The molecule has 49 heavy (non-hydrogen) atoms. The Kier molecular flexibility index (Phi) is 7.94. The maximum Gasteiger partial charge on any atom is 0.264 e. The summed E-state index contributed by atoms with van der Waals surface area (Å²) in [6, 6.07) is 12.7. The second-order valence-corrected chi connectivity index (χ2v) is 18.4. The highest BCUT2D eigenvalue weighted by molar-refractivity contribution is 7.90. The van der Waals surface area contributed by atoms with Gasteiger partial charge >= 0.3 is 0 Å². The number of aromatic nitrogens is 1. The summed E-state index contributed by atoms with van der Waals surface area (Å²) in [6.07, 6.45) is 7.62. The van der Waals surface area contributed by atoms with Gasteiger partial charge in [-0.25, -0.2) is 13.1 Å². The van der Waals surface area contributed by atoms with Crippen LogP contribution in [0.5, 0.6) is 5.75 Å². The first kappa shape index (κ1) is 32.8. The number of methoxy groups -OCH3 is 1. The molecule has 2 aliphatic carbocycles. The molecular weight excluding hydrogens is 637 g/mol. The molecule has 1 N–H and O–H groups in total. The van der Waals surface area contributed by atoms with Crippen LogP contribution in [0.2, 0.25) is 0 Å². The topological polar surface area (TPSA) is 101 Å². The number of nitrogens with zero attached hydrogens (tertiary/aromatic N) is 3. The Morgan fingerprint density at radius 1 is 1.00 bits per heavy atom. The quantitative estimate of drug-likeness (QED) is 0.300. The molecule has 3 aliphatic heterocycles. The number of carbonyl (C=O) groups excluding carboxylic acids is 2. The first-order chi connectivity index (χ1) is 23.4. The van der Waals surface area contributed by atoms with Gasteiger partial charge in [0.15, 0.2) is 0 Å². The number of sulfonamides is 1. The molecule has 4 atom stereocenters. The van der Waals surface area contributed by atoms with Gasteiger partial charge in [0.25, 0.3) is 5.91 Å². The van der Waals surface area contributed by atoms with Crippen molar-refractivity contribution in [3.05, 3.63) is 53.1 Å². The lowest BCUT2D eigenvalue weighted by molar-refractivity contribution is -0.140. The smallest absolute Gasteiger partial charge is 0.264 e. The summed E-state index contributed by atoms with van der Waals surface area (Å²) in [5.41, 5.74) is 5.40. The van der Waals surface area contributed by atoms with E-state index in [1.807, 2.05) is 18.2 Å². The van der Waals surface area contributed by atoms with E-state index in [1.165, 1.54) is 30.4 Å². The van der Waals surface area contributed by atoms with E-state index >= 15 is 0 Å². The zero-order valence-electron chi connectivity index (χ0n) is 29.5. The Labute approximate surface area is 290 Å². The average molecular weight is 687 g/mol. The van der Waals surface area contributed by atoms with Gasteiger partial charge in [-0.2, -0.15) is 0 Å². The van der Waals surface area contributed by atoms with Crippen molar-refractivity contribution in [2.24, 2.45) is 11.3 Å². The maximum atomic E-state index is 15.0. The fraction of sp³-hybridized carbons (Fsp3) is 0.590. The minimum absolute atomic E-state index is 0.0767. The van der Waals surface area contributed by atoms with Crippen molar-refractivity contribution in [3.63, 3.8) is 0 Å². The van der Waals surface area contributed by atoms with Crippen molar-refractivity contribution < 1.29 is 22.7 Å². The van der Waals surface area contributed by atoms with Gasteiger partial charge in [0.1, 0.15) is 5.75 Å². The van der Waals surface area contributed by atoms with Crippen LogP contribution in [0.1, 0.15) is 106 Å². The molecule has 9 nitrogen and oxygen atoms in total. The van der Waals surface area contributed by atoms with Gasteiger partial charge in [-0.15, -0.1) is 0 Å². The van der Waals surface area contributed by atoms with E-state index in [9.17, 15) is 18.0 Å². The van der Waals surface area contributed by atoms with E-state index in [4.69, 9.17) is 4.74 Å². The Balaban J connectivity index is 1.27. The molecule has 4 heterocycles. The normalized spacial score (nSPS) is 26.5. The second kappa shape index (κ2) is 11.9. The highest BCUT2D eigenvalue weighted by Crippen LogP contribution is 2.66. The van der Waals surface area contributed by atoms with E-state index in [0.717, 1.165) is 73.2 Å². The zero-order chi connectivity index (χ0) is 34.4. The summed E-state index contributed by atoms with van der Waals surface area (Å²) in [6.45, 7) is 11.0. The van der Waals surface area contributed by atoms with Crippen molar-refractivity contribution >= 4 is 32.7 Å². The lowest BCUT2D eigenvalue weighted by Crippen LogP contribution is -2.52. The number of rotatable bonds is 8. The fourth-order valence-corrected chi connectivity index (χ4v) is 10.3. The number of hydrogen-bond donors (Lipinski definition) is 1. The highest BCUT2D eigenvalue weighted by atomic mass is 32.2. The molecule has 0 radical (unpaired) electrons. The Hall–Kier alpha value is -3.37. The molecule has 10 heteroatoms. The minimum atomic E-state index is -3.80. The Morgan fingerprint density at radius 2 is 1.78 bits per heavy atom. The third kappa shape index (κ3) is 5.31. The van der Waals surface area contributed by atoms with Crippen molar-refractivity contribution in [2.45, 2.75) is 108 Å². The molecule has 2 bridgehead atoms. The predicted octanol–water partition coefficient (Wildman–Crippen LogP) is 6.26. The summed E-state index contributed by atoms with van der Waals surface area (Å²) in [7, 11) is -2.10. The molecule has 5 aliphatic rings. The van der Waals surface area contributed by atoms with Crippen LogP contribution in [0.3, 0.4) is 0 Å². The van der Waals surface area contributed by atoms with Crippen LogP contribution in [0.15, 0.2) is 36.4 Å². The van der Waals surface area contributed by atoms with Crippen LogP contribution < -0.4 is 9.46 Å². The first-order valence-electron chi connectivity index (χ1n) is 18.4. The summed E-state index contributed by atoms with van der Waals surface area (Å²) in [5.74, 6) is 1.47.